The number of aromatic hydroxyl groups is 1. The molecule has 0 spiro atoms. The molecule has 0 unspecified atom stereocenters. The second-order valence-electron chi connectivity index (χ2n) is 4.22. The second kappa shape index (κ2) is 4.86. The minimum Gasteiger partial charge on any atom is -0.507 e. The number of hydrogen-bond donors (Lipinski definition) is 2. The van der Waals surface area contributed by atoms with Gasteiger partial charge in [0.2, 0.25) is 0 Å². The van der Waals surface area contributed by atoms with E-state index in [0.717, 1.165) is 12.8 Å². The average Bonchev–Trinajstić information content (AvgIpc) is 3.08. The van der Waals surface area contributed by atoms with E-state index in [0.29, 0.717) is 5.02 Å². The van der Waals surface area contributed by atoms with Gasteiger partial charge in [-0.15, -0.1) is 0 Å². The van der Waals surface area contributed by atoms with Gasteiger partial charge in [0.1, 0.15) is 12.3 Å². The Balaban J connectivity index is 2.24. The number of carbonyl (C=O) groups is 2. The molecule has 1 amide bonds. The standard InChI is InChI=1S/C12H12ClNO4/c13-7-1-4-9(10(15)5-7)12(18)14(6-11(16)17)8-2-3-8/h1,4-5,8,15H,2-3,6H2,(H,16,17). The number of carbonyl (C=O) groups excluding carboxylic acids is 1. The summed E-state index contributed by atoms with van der Waals surface area (Å²) in [4.78, 5) is 24.2. The highest BCUT2D eigenvalue weighted by molar-refractivity contribution is 6.30. The first-order valence-electron chi connectivity index (χ1n) is 5.50. The summed E-state index contributed by atoms with van der Waals surface area (Å²) in [6.07, 6.45) is 1.60. The zero-order chi connectivity index (χ0) is 13.3. The molecule has 1 aromatic rings. The molecular weight excluding hydrogens is 258 g/mol. The molecule has 5 nitrogen and oxygen atoms in total. The van der Waals surface area contributed by atoms with Crippen LogP contribution in [0.3, 0.4) is 0 Å². The summed E-state index contributed by atoms with van der Waals surface area (Å²) in [5.74, 6) is -1.78. The summed E-state index contributed by atoms with van der Waals surface area (Å²) in [5, 5.41) is 18.8. The number of phenolic OH excluding ortho intramolecular Hbond substituents is 1. The van der Waals surface area contributed by atoms with Crippen LogP contribution in [0, 0.1) is 0 Å². The van der Waals surface area contributed by atoms with Gasteiger partial charge in [-0.2, -0.15) is 0 Å². The fraction of sp³-hybridized carbons (Fsp3) is 0.333. The maximum absolute atomic E-state index is 12.2. The van der Waals surface area contributed by atoms with Gasteiger partial charge in [-0.05, 0) is 31.0 Å². The zero-order valence-corrected chi connectivity index (χ0v) is 10.2. The molecule has 0 saturated heterocycles. The average molecular weight is 270 g/mol. The molecular formula is C12H12ClNO4. The first-order valence-corrected chi connectivity index (χ1v) is 5.88. The Morgan fingerprint density at radius 3 is 2.56 bits per heavy atom. The van der Waals surface area contributed by atoms with E-state index in [1.54, 1.807) is 0 Å². The number of benzene rings is 1. The smallest absolute Gasteiger partial charge is 0.323 e. The number of carboxylic acids is 1. The van der Waals surface area contributed by atoms with Crippen molar-refractivity contribution in [2.75, 3.05) is 6.54 Å². The Morgan fingerprint density at radius 2 is 2.06 bits per heavy atom. The second-order valence-corrected chi connectivity index (χ2v) is 4.66. The van der Waals surface area contributed by atoms with Gasteiger partial charge < -0.3 is 15.1 Å². The minimum atomic E-state index is -1.07. The van der Waals surface area contributed by atoms with Gasteiger partial charge in [0, 0.05) is 11.1 Å². The van der Waals surface area contributed by atoms with Crippen molar-refractivity contribution in [3.63, 3.8) is 0 Å². The number of phenols is 1. The van der Waals surface area contributed by atoms with Crippen LogP contribution in [-0.2, 0) is 4.79 Å². The highest BCUT2D eigenvalue weighted by Gasteiger charge is 2.35. The quantitative estimate of drug-likeness (QED) is 0.873. The van der Waals surface area contributed by atoms with Gasteiger partial charge in [-0.3, -0.25) is 9.59 Å². The van der Waals surface area contributed by atoms with Crippen molar-refractivity contribution in [3.05, 3.63) is 28.8 Å². The van der Waals surface area contributed by atoms with Gasteiger partial charge in [-0.1, -0.05) is 11.6 Å². The molecule has 1 aliphatic rings. The fourth-order valence-electron chi connectivity index (χ4n) is 1.74. The Labute approximate surface area is 109 Å². The topological polar surface area (TPSA) is 77.8 Å². The fourth-order valence-corrected chi connectivity index (χ4v) is 1.91. The lowest BCUT2D eigenvalue weighted by molar-refractivity contribution is -0.137. The van der Waals surface area contributed by atoms with Gasteiger partial charge in [0.05, 0.1) is 5.56 Å². The van der Waals surface area contributed by atoms with E-state index in [2.05, 4.69) is 0 Å². The molecule has 1 aromatic carbocycles. The maximum Gasteiger partial charge on any atom is 0.323 e. The van der Waals surface area contributed by atoms with Crippen LogP contribution < -0.4 is 0 Å². The molecule has 0 aromatic heterocycles. The summed E-state index contributed by atoms with van der Waals surface area (Å²) >= 11 is 5.68. The Kier molecular flexibility index (Phi) is 3.43. The lowest BCUT2D eigenvalue weighted by Crippen LogP contribution is -2.37. The molecule has 1 fully saturated rings. The van der Waals surface area contributed by atoms with Gasteiger partial charge in [-0.25, -0.2) is 0 Å². The number of amides is 1. The predicted octanol–water partition coefficient (Wildman–Crippen LogP) is 1.73. The van der Waals surface area contributed by atoms with E-state index in [-0.39, 0.29) is 23.9 Å². The van der Waals surface area contributed by atoms with Crippen molar-refractivity contribution < 1.29 is 19.8 Å². The van der Waals surface area contributed by atoms with E-state index in [1.807, 2.05) is 0 Å². The molecule has 6 heteroatoms. The molecule has 0 atom stereocenters. The molecule has 1 saturated carbocycles. The summed E-state index contributed by atoms with van der Waals surface area (Å²) in [6.45, 7) is -0.356. The first-order chi connectivity index (χ1) is 8.49. The number of hydrogen-bond acceptors (Lipinski definition) is 3. The third kappa shape index (κ3) is 2.73. The summed E-state index contributed by atoms with van der Waals surface area (Å²) < 4.78 is 0. The van der Waals surface area contributed by atoms with Crippen molar-refractivity contribution in [1.29, 1.82) is 0 Å². The van der Waals surface area contributed by atoms with Crippen molar-refractivity contribution >= 4 is 23.5 Å². The van der Waals surface area contributed by atoms with Gasteiger partial charge >= 0.3 is 5.97 Å². The molecule has 0 heterocycles. The first kappa shape index (κ1) is 12.7. The van der Waals surface area contributed by atoms with Gasteiger partial charge in [0.15, 0.2) is 0 Å². The molecule has 18 heavy (non-hydrogen) atoms. The van der Waals surface area contributed by atoms with Crippen molar-refractivity contribution in [2.24, 2.45) is 0 Å². The van der Waals surface area contributed by atoms with Crippen LogP contribution in [0.1, 0.15) is 23.2 Å². The number of nitrogens with zero attached hydrogens (tertiary/aromatic N) is 1. The summed E-state index contributed by atoms with van der Waals surface area (Å²) in [6, 6.07) is 4.11. The van der Waals surface area contributed by atoms with Crippen LogP contribution in [0.4, 0.5) is 0 Å². The normalized spacial score (nSPS) is 14.3. The van der Waals surface area contributed by atoms with E-state index < -0.39 is 11.9 Å². The highest BCUT2D eigenvalue weighted by Crippen LogP contribution is 2.30. The molecule has 0 radical (unpaired) electrons. The SMILES string of the molecule is O=C(O)CN(C(=O)c1ccc(Cl)cc1O)C1CC1. The third-order valence-corrected chi connectivity index (χ3v) is 2.98. The highest BCUT2D eigenvalue weighted by atomic mass is 35.5. The van der Waals surface area contributed by atoms with E-state index in [4.69, 9.17) is 16.7 Å². The Hall–Kier alpha value is -1.75. The van der Waals surface area contributed by atoms with E-state index in [9.17, 15) is 14.7 Å². The number of rotatable bonds is 4. The molecule has 1 aliphatic carbocycles. The monoisotopic (exact) mass is 269 g/mol. The Morgan fingerprint density at radius 1 is 1.39 bits per heavy atom. The zero-order valence-electron chi connectivity index (χ0n) is 9.47. The predicted molar refractivity (Wildman–Crippen MR) is 64.8 cm³/mol. The molecule has 0 aliphatic heterocycles. The van der Waals surface area contributed by atoms with Gasteiger partial charge in [0.25, 0.3) is 5.91 Å². The van der Waals surface area contributed by atoms with Crippen molar-refractivity contribution in [2.45, 2.75) is 18.9 Å². The van der Waals surface area contributed by atoms with Crippen molar-refractivity contribution in [1.82, 2.24) is 4.90 Å². The third-order valence-electron chi connectivity index (χ3n) is 2.74. The lowest BCUT2D eigenvalue weighted by Gasteiger charge is -2.20. The molecule has 96 valence electrons. The minimum absolute atomic E-state index is 0.0383. The lowest BCUT2D eigenvalue weighted by atomic mass is 10.1. The molecule has 2 rings (SSSR count). The Bertz CT molecular complexity index is 499. The largest absolute Gasteiger partial charge is 0.507 e. The molecule has 0 bridgehead atoms. The number of carboxylic acid groups (broad SMARTS) is 1. The van der Waals surface area contributed by atoms with Crippen molar-refractivity contribution in [3.8, 4) is 5.75 Å². The number of halogens is 1. The maximum atomic E-state index is 12.2. The van der Waals surface area contributed by atoms with Crippen LogP contribution in [0.15, 0.2) is 18.2 Å². The molecule has 2 N–H and O–H groups in total. The van der Waals surface area contributed by atoms with Crippen LogP contribution in [-0.4, -0.2) is 39.6 Å². The van der Waals surface area contributed by atoms with Crippen LogP contribution in [0.5, 0.6) is 5.75 Å². The van der Waals surface area contributed by atoms with Crippen LogP contribution in [0.2, 0.25) is 5.02 Å². The number of aliphatic carboxylic acids is 1. The van der Waals surface area contributed by atoms with E-state index >= 15 is 0 Å². The van der Waals surface area contributed by atoms with E-state index in [1.165, 1.54) is 23.1 Å². The van der Waals surface area contributed by atoms with Crippen LogP contribution in [0.25, 0.3) is 0 Å². The van der Waals surface area contributed by atoms with Crippen LogP contribution >= 0.6 is 11.6 Å². The summed E-state index contributed by atoms with van der Waals surface area (Å²) in [5.41, 5.74) is 0.0764. The summed E-state index contributed by atoms with van der Waals surface area (Å²) in [7, 11) is 0.